The first kappa shape index (κ1) is 12.8. The maximum Gasteiger partial charge on any atom is 0.225 e. The van der Waals surface area contributed by atoms with Gasteiger partial charge >= 0.3 is 0 Å². The topological polar surface area (TPSA) is 37.8 Å². The van der Waals surface area contributed by atoms with Crippen LogP contribution in [-0.4, -0.2) is 9.97 Å². The van der Waals surface area contributed by atoms with Crippen molar-refractivity contribution >= 4 is 60.6 Å². The van der Waals surface area contributed by atoms with Gasteiger partial charge < -0.3 is 5.32 Å². The number of nitrogens with one attached hydrogen (secondary N) is 1. The minimum absolute atomic E-state index is 0.134. The van der Waals surface area contributed by atoms with Crippen molar-refractivity contribution in [1.29, 1.82) is 0 Å². The second kappa shape index (κ2) is 5.03. The Hall–Kier alpha value is -1.24. The van der Waals surface area contributed by atoms with Crippen LogP contribution in [0.2, 0.25) is 5.28 Å². The predicted molar refractivity (Wildman–Crippen MR) is 79.8 cm³/mol. The van der Waals surface area contributed by atoms with Crippen molar-refractivity contribution in [2.75, 3.05) is 5.32 Å². The molecule has 0 spiro atoms. The molecule has 0 aliphatic carbocycles. The third kappa shape index (κ3) is 2.56. The van der Waals surface area contributed by atoms with Crippen LogP contribution >= 0.6 is 38.9 Å². The molecule has 3 rings (SSSR count). The number of hydrogen-bond acceptors (Lipinski definition) is 4. The fourth-order valence-corrected chi connectivity index (χ4v) is 2.96. The van der Waals surface area contributed by atoms with Crippen molar-refractivity contribution in [3.8, 4) is 0 Å². The highest BCUT2D eigenvalue weighted by atomic mass is 79.9. The smallest absolute Gasteiger partial charge is 0.225 e. The van der Waals surface area contributed by atoms with Crippen molar-refractivity contribution in [1.82, 2.24) is 9.97 Å². The summed E-state index contributed by atoms with van der Waals surface area (Å²) in [6.45, 7) is 0. The summed E-state index contributed by atoms with van der Waals surface area (Å²) in [7, 11) is 0. The zero-order chi connectivity index (χ0) is 13.4. The van der Waals surface area contributed by atoms with Crippen LogP contribution in [0.15, 0.2) is 34.1 Å². The van der Waals surface area contributed by atoms with Crippen LogP contribution in [-0.2, 0) is 0 Å². The third-order valence-electron chi connectivity index (χ3n) is 2.48. The lowest BCUT2D eigenvalue weighted by molar-refractivity contribution is 0.631. The summed E-state index contributed by atoms with van der Waals surface area (Å²) in [4.78, 5) is 8.97. The molecule has 0 fully saturated rings. The molecule has 19 heavy (non-hydrogen) atoms. The van der Waals surface area contributed by atoms with E-state index in [0.717, 1.165) is 10.2 Å². The van der Waals surface area contributed by atoms with Gasteiger partial charge in [-0.1, -0.05) is 15.9 Å². The molecule has 0 radical (unpaired) electrons. The van der Waals surface area contributed by atoms with Gasteiger partial charge in [-0.25, -0.2) is 9.37 Å². The Bertz CT molecular complexity index is 762. The Morgan fingerprint density at radius 2 is 2.11 bits per heavy atom. The van der Waals surface area contributed by atoms with Crippen LogP contribution in [0.5, 0.6) is 0 Å². The summed E-state index contributed by atoms with van der Waals surface area (Å²) in [5, 5.41) is 5.78. The fourth-order valence-electron chi connectivity index (χ4n) is 1.64. The van der Waals surface area contributed by atoms with Gasteiger partial charge in [0, 0.05) is 4.47 Å². The Morgan fingerprint density at radius 1 is 1.26 bits per heavy atom. The molecule has 7 heteroatoms. The number of thiophene rings is 1. The molecule has 0 aliphatic heterocycles. The van der Waals surface area contributed by atoms with Gasteiger partial charge in [-0.2, -0.15) is 4.98 Å². The average molecular weight is 359 g/mol. The minimum Gasteiger partial charge on any atom is -0.337 e. The second-order valence-electron chi connectivity index (χ2n) is 3.73. The summed E-state index contributed by atoms with van der Waals surface area (Å²) in [5.74, 6) is 0.130. The molecule has 0 saturated heterocycles. The van der Waals surface area contributed by atoms with E-state index in [1.807, 2.05) is 11.4 Å². The molecule has 0 aliphatic rings. The van der Waals surface area contributed by atoms with Crippen LogP contribution in [0.3, 0.4) is 0 Å². The largest absolute Gasteiger partial charge is 0.337 e. The molecule has 1 N–H and O–H groups in total. The van der Waals surface area contributed by atoms with E-state index in [-0.39, 0.29) is 11.1 Å². The number of aromatic nitrogens is 2. The van der Waals surface area contributed by atoms with Crippen LogP contribution in [0.4, 0.5) is 15.9 Å². The Labute approximate surface area is 125 Å². The van der Waals surface area contributed by atoms with E-state index >= 15 is 0 Å². The zero-order valence-electron chi connectivity index (χ0n) is 9.32. The Kier molecular flexibility index (Phi) is 3.38. The van der Waals surface area contributed by atoms with Crippen molar-refractivity contribution in [2.45, 2.75) is 0 Å². The number of hydrogen-bond donors (Lipinski definition) is 1. The first-order chi connectivity index (χ1) is 9.13. The van der Waals surface area contributed by atoms with Crippen LogP contribution in [0.1, 0.15) is 0 Å². The molecule has 0 saturated carbocycles. The highest BCUT2D eigenvalue weighted by Crippen LogP contribution is 2.30. The lowest BCUT2D eigenvalue weighted by Crippen LogP contribution is -1.98. The molecular weight excluding hydrogens is 353 g/mol. The van der Waals surface area contributed by atoms with E-state index in [1.165, 1.54) is 17.4 Å². The van der Waals surface area contributed by atoms with Gasteiger partial charge in [0.05, 0.1) is 11.1 Å². The quantitative estimate of drug-likeness (QED) is 0.656. The molecule has 0 bridgehead atoms. The Morgan fingerprint density at radius 3 is 2.89 bits per heavy atom. The molecule has 0 atom stereocenters. The fraction of sp³-hybridized carbons (Fsp3) is 0. The van der Waals surface area contributed by atoms with E-state index in [1.54, 1.807) is 12.1 Å². The lowest BCUT2D eigenvalue weighted by Gasteiger charge is -2.08. The van der Waals surface area contributed by atoms with Crippen molar-refractivity contribution in [2.24, 2.45) is 0 Å². The first-order valence-corrected chi connectivity index (χ1v) is 7.31. The van der Waals surface area contributed by atoms with Gasteiger partial charge in [-0.05, 0) is 41.2 Å². The monoisotopic (exact) mass is 357 g/mol. The summed E-state index contributed by atoms with van der Waals surface area (Å²) in [6.07, 6.45) is 0. The summed E-state index contributed by atoms with van der Waals surface area (Å²) >= 11 is 10.5. The van der Waals surface area contributed by atoms with Crippen LogP contribution in [0, 0.1) is 5.82 Å². The standard InChI is InChI=1S/C12H6BrClFN3S/c13-6-1-2-9(8(15)5-6)16-10-7-3-4-19-11(7)18-12(14)17-10/h1-5H,(H,16,17,18). The summed E-state index contributed by atoms with van der Waals surface area (Å²) < 4.78 is 14.5. The SMILES string of the molecule is Fc1cc(Br)ccc1Nc1nc(Cl)nc2sccc12. The van der Waals surface area contributed by atoms with E-state index in [2.05, 4.69) is 31.2 Å². The number of anilines is 2. The predicted octanol–water partition coefficient (Wildman–Crippen LogP) is 4.99. The normalized spacial score (nSPS) is 10.9. The van der Waals surface area contributed by atoms with E-state index in [0.29, 0.717) is 16.0 Å². The van der Waals surface area contributed by atoms with Gasteiger partial charge in [0.1, 0.15) is 16.5 Å². The van der Waals surface area contributed by atoms with Gasteiger partial charge in [0.15, 0.2) is 0 Å². The molecule has 1 aromatic carbocycles. The van der Waals surface area contributed by atoms with E-state index < -0.39 is 0 Å². The van der Waals surface area contributed by atoms with Gasteiger partial charge in [-0.3, -0.25) is 0 Å². The third-order valence-corrected chi connectivity index (χ3v) is 3.95. The molecule has 2 heterocycles. The molecule has 2 aromatic heterocycles. The van der Waals surface area contributed by atoms with Gasteiger partial charge in [0.25, 0.3) is 0 Å². The van der Waals surface area contributed by atoms with Crippen LogP contribution < -0.4 is 5.32 Å². The first-order valence-electron chi connectivity index (χ1n) is 5.26. The van der Waals surface area contributed by atoms with E-state index in [4.69, 9.17) is 11.6 Å². The highest BCUT2D eigenvalue weighted by molar-refractivity contribution is 9.10. The molecule has 3 aromatic rings. The molecular formula is C12H6BrClFN3S. The van der Waals surface area contributed by atoms with Crippen molar-refractivity contribution < 1.29 is 4.39 Å². The highest BCUT2D eigenvalue weighted by Gasteiger charge is 2.10. The number of benzene rings is 1. The van der Waals surface area contributed by atoms with Gasteiger partial charge in [0.2, 0.25) is 5.28 Å². The number of nitrogens with zero attached hydrogens (tertiary/aromatic N) is 2. The van der Waals surface area contributed by atoms with Crippen LogP contribution in [0.25, 0.3) is 10.2 Å². The molecule has 0 unspecified atom stereocenters. The molecule has 3 nitrogen and oxygen atoms in total. The summed E-state index contributed by atoms with van der Waals surface area (Å²) in [5.41, 5.74) is 0.338. The number of fused-ring (bicyclic) bond motifs is 1. The lowest BCUT2D eigenvalue weighted by atomic mass is 10.3. The maximum atomic E-state index is 13.8. The number of rotatable bonds is 2. The molecule has 96 valence electrons. The average Bonchev–Trinajstić information content (AvgIpc) is 2.80. The van der Waals surface area contributed by atoms with Crippen molar-refractivity contribution in [3.05, 3.63) is 45.2 Å². The van der Waals surface area contributed by atoms with E-state index in [9.17, 15) is 4.39 Å². The van der Waals surface area contributed by atoms with Crippen molar-refractivity contribution in [3.63, 3.8) is 0 Å². The number of halogens is 3. The second-order valence-corrected chi connectivity index (χ2v) is 5.88. The van der Waals surface area contributed by atoms with Gasteiger partial charge in [-0.15, -0.1) is 11.3 Å². The molecule has 0 amide bonds. The summed E-state index contributed by atoms with van der Waals surface area (Å²) in [6, 6.07) is 6.64. The Balaban J connectivity index is 2.07. The maximum absolute atomic E-state index is 13.8. The minimum atomic E-state index is -0.368. The zero-order valence-corrected chi connectivity index (χ0v) is 12.5.